The van der Waals surface area contributed by atoms with Crippen LogP contribution in [-0.4, -0.2) is 43.2 Å². The lowest BCUT2D eigenvalue weighted by molar-refractivity contribution is -0.142. The number of tetrazole rings is 1. The summed E-state index contributed by atoms with van der Waals surface area (Å²) < 4.78 is 1.21. The maximum absolute atomic E-state index is 11.3. The van der Waals surface area contributed by atoms with E-state index < -0.39 is 17.9 Å². The summed E-state index contributed by atoms with van der Waals surface area (Å²) in [5, 5.41) is 21.2. The molecule has 1 amide bonds. The Kier molecular flexibility index (Phi) is 3.72. The highest BCUT2D eigenvalue weighted by Gasteiger charge is 2.17. The summed E-state index contributed by atoms with van der Waals surface area (Å²) in [6.07, 6.45) is 1.61. The highest BCUT2D eigenvalue weighted by Crippen LogP contribution is 1.91. The van der Waals surface area contributed by atoms with Gasteiger partial charge in [0.05, 0.1) is 0 Å². The summed E-state index contributed by atoms with van der Waals surface area (Å²) in [4.78, 5) is 21.9. The van der Waals surface area contributed by atoms with Gasteiger partial charge >= 0.3 is 5.97 Å². The van der Waals surface area contributed by atoms with Crippen LogP contribution in [0.15, 0.2) is 6.33 Å². The molecule has 0 fully saturated rings. The first-order valence-corrected chi connectivity index (χ1v) is 4.36. The van der Waals surface area contributed by atoms with Crippen molar-refractivity contribution < 1.29 is 14.7 Å². The molecule has 0 spiro atoms. The molecule has 0 aromatic carbocycles. The van der Waals surface area contributed by atoms with E-state index >= 15 is 0 Å². The van der Waals surface area contributed by atoms with Crippen molar-refractivity contribution in [3.63, 3.8) is 0 Å². The zero-order chi connectivity index (χ0) is 11.3. The Morgan fingerprint density at radius 2 is 2.33 bits per heavy atom. The van der Waals surface area contributed by atoms with E-state index in [1.54, 1.807) is 6.92 Å². The first-order valence-electron chi connectivity index (χ1n) is 4.36. The van der Waals surface area contributed by atoms with E-state index in [0.29, 0.717) is 6.42 Å². The molecule has 1 rings (SSSR count). The van der Waals surface area contributed by atoms with Gasteiger partial charge in [-0.2, -0.15) is 0 Å². The molecular formula is C7H11N5O3. The number of nitrogens with one attached hydrogen (secondary N) is 1. The first kappa shape index (κ1) is 11.1. The maximum Gasteiger partial charge on any atom is 0.326 e. The third-order valence-corrected chi connectivity index (χ3v) is 1.74. The summed E-state index contributed by atoms with van der Waals surface area (Å²) in [5.74, 6) is -1.49. The van der Waals surface area contributed by atoms with Crippen LogP contribution in [0.4, 0.5) is 0 Å². The van der Waals surface area contributed by atoms with Gasteiger partial charge in [-0.05, 0) is 16.8 Å². The number of carboxylic acid groups (broad SMARTS) is 1. The van der Waals surface area contributed by atoms with Crippen LogP contribution in [0.5, 0.6) is 0 Å². The van der Waals surface area contributed by atoms with Crippen LogP contribution < -0.4 is 5.32 Å². The highest BCUT2D eigenvalue weighted by molar-refractivity contribution is 5.83. The van der Waals surface area contributed by atoms with Crippen molar-refractivity contribution in [3.8, 4) is 0 Å². The normalized spacial score (nSPS) is 12.1. The SMILES string of the molecule is CC[C@@H](NC(=O)Cn1cnnn1)C(=O)O. The van der Waals surface area contributed by atoms with Gasteiger partial charge in [-0.3, -0.25) is 4.79 Å². The third kappa shape index (κ3) is 3.33. The van der Waals surface area contributed by atoms with E-state index in [4.69, 9.17) is 5.11 Å². The van der Waals surface area contributed by atoms with E-state index in [1.165, 1.54) is 11.0 Å². The fraction of sp³-hybridized carbons (Fsp3) is 0.571. The smallest absolute Gasteiger partial charge is 0.326 e. The van der Waals surface area contributed by atoms with Crippen molar-refractivity contribution >= 4 is 11.9 Å². The van der Waals surface area contributed by atoms with Crippen molar-refractivity contribution in [2.45, 2.75) is 25.9 Å². The Balaban J connectivity index is 2.45. The number of carbonyl (C=O) groups is 2. The minimum absolute atomic E-state index is 0.0865. The fourth-order valence-corrected chi connectivity index (χ4v) is 0.978. The molecular weight excluding hydrogens is 202 g/mol. The van der Waals surface area contributed by atoms with Crippen molar-refractivity contribution in [2.75, 3.05) is 0 Å². The van der Waals surface area contributed by atoms with Gasteiger partial charge in [0.2, 0.25) is 5.91 Å². The summed E-state index contributed by atoms with van der Waals surface area (Å²) in [7, 11) is 0. The molecule has 0 radical (unpaired) electrons. The number of nitrogens with zero attached hydrogens (tertiary/aromatic N) is 4. The van der Waals surface area contributed by atoms with Crippen molar-refractivity contribution in [3.05, 3.63) is 6.33 Å². The van der Waals surface area contributed by atoms with Gasteiger partial charge in [-0.1, -0.05) is 6.92 Å². The highest BCUT2D eigenvalue weighted by atomic mass is 16.4. The van der Waals surface area contributed by atoms with Crippen LogP contribution in [0.1, 0.15) is 13.3 Å². The molecule has 0 aliphatic carbocycles. The minimum Gasteiger partial charge on any atom is -0.480 e. The van der Waals surface area contributed by atoms with Crippen molar-refractivity contribution in [2.24, 2.45) is 0 Å². The van der Waals surface area contributed by atoms with Crippen LogP contribution in [0.2, 0.25) is 0 Å². The molecule has 8 heteroatoms. The van der Waals surface area contributed by atoms with E-state index in [2.05, 4.69) is 20.8 Å². The van der Waals surface area contributed by atoms with Crippen LogP contribution in [0.25, 0.3) is 0 Å². The van der Waals surface area contributed by atoms with Crippen LogP contribution >= 0.6 is 0 Å². The lowest BCUT2D eigenvalue weighted by Crippen LogP contribution is -2.41. The van der Waals surface area contributed by atoms with Crippen molar-refractivity contribution in [1.82, 2.24) is 25.5 Å². The third-order valence-electron chi connectivity index (χ3n) is 1.74. The number of amides is 1. The lowest BCUT2D eigenvalue weighted by atomic mass is 10.2. The number of rotatable bonds is 5. The second-order valence-corrected chi connectivity index (χ2v) is 2.87. The van der Waals surface area contributed by atoms with E-state index in [1.807, 2.05) is 0 Å². The first-order chi connectivity index (χ1) is 7.13. The van der Waals surface area contributed by atoms with E-state index in [0.717, 1.165) is 0 Å². The molecule has 0 aliphatic rings. The molecule has 0 unspecified atom stereocenters. The van der Waals surface area contributed by atoms with Gasteiger partial charge in [0.1, 0.15) is 18.9 Å². The average molecular weight is 213 g/mol. The summed E-state index contributed by atoms with van der Waals surface area (Å²) in [6.45, 7) is 1.59. The van der Waals surface area contributed by atoms with Gasteiger partial charge in [0, 0.05) is 0 Å². The maximum atomic E-state index is 11.3. The number of carboxylic acids is 1. The quantitative estimate of drug-likeness (QED) is 0.625. The summed E-state index contributed by atoms with van der Waals surface area (Å²) in [5.41, 5.74) is 0. The fourth-order valence-electron chi connectivity index (χ4n) is 0.978. The topological polar surface area (TPSA) is 110 Å². The number of aromatic nitrogens is 4. The number of hydrogen-bond acceptors (Lipinski definition) is 5. The van der Waals surface area contributed by atoms with E-state index in [-0.39, 0.29) is 6.54 Å². The molecule has 0 aliphatic heterocycles. The molecule has 1 aromatic heterocycles. The Hall–Kier alpha value is -1.99. The molecule has 15 heavy (non-hydrogen) atoms. The van der Waals surface area contributed by atoms with Gasteiger partial charge in [-0.25, -0.2) is 9.48 Å². The Bertz CT molecular complexity index is 336. The number of carbonyl (C=O) groups excluding carboxylic acids is 1. The molecule has 82 valence electrons. The number of hydrogen-bond donors (Lipinski definition) is 2. The summed E-state index contributed by atoms with van der Waals surface area (Å²) in [6, 6.07) is -0.867. The Morgan fingerprint density at radius 1 is 1.60 bits per heavy atom. The molecule has 1 aromatic rings. The molecule has 0 bridgehead atoms. The standard InChI is InChI=1S/C7H11N5O3/c1-2-5(7(14)15)9-6(13)3-12-4-8-10-11-12/h4-5H,2-3H2,1H3,(H,9,13)(H,14,15)/t5-/m1/s1. The molecule has 0 saturated heterocycles. The minimum atomic E-state index is -1.05. The van der Waals surface area contributed by atoms with Crippen LogP contribution in [-0.2, 0) is 16.1 Å². The monoisotopic (exact) mass is 213 g/mol. The van der Waals surface area contributed by atoms with Gasteiger partial charge < -0.3 is 10.4 Å². The van der Waals surface area contributed by atoms with Gasteiger partial charge in [-0.15, -0.1) is 5.10 Å². The molecule has 2 N–H and O–H groups in total. The summed E-state index contributed by atoms with van der Waals surface area (Å²) >= 11 is 0. The van der Waals surface area contributed by atoms with Crippen LogP contribution in [0, 0.1) is 0 Å². The second kappa shape index (κ2) is 5.03. The Labute approximate surface area is 85.3 Å². The van der Waals surface area contributed by atoms with Gasteiger partial charge in [0.15, 0.2) is 0 Å². The predicted octanol–water partition coefficient (Wildman–Crippen LogP) is -1.35. The molecule has 0 saturated carbocycles. The zero-order valence-electron chi connectivity index (χ0n) is 8.12. The predicted molar refractivity (Wildman–Crippen MR) is 47.7 cm³/mol. The van der Waals surface area contributed by atoms with Gasteiger partial charge in [0.25, 0.3) is 0 Å². The largest absolute Gasteiger partial charge is 0.480 e. The molecule has 1 atom stereocenters. The number of aliphatic carboxylic acids is 1. The lowest BCUT2D eigenvalue weighted by Gasteiger charge is -2.11. The van der Waals surface area contributed by atoms with E-state index in [9.17, 15) is 9.59 Å². The average Bonchev–Trinajstić information content (AvgIpc) is 2.66. The zero-order valence-corrected chi connectivity index (χ0v) is 8.12. The molecule has 8 nitrogen and oxygen atoms in total. The second-order valence-electron chi connectivity index (χ2n) is 2.87. The van der Waals surface area contributed by atoms with Crippen LogP contribution in [0.3, 0.4) is 0 Å². The Morgan fingerprint density at radius 3 is 2.80 bits per heavy atom. The molecule has 1 heterocycles. The van der Waals surface area contributed by atoms with Crippen molar-refractivity contribution in [1.29, 1.82) is 0 Å².